The molecular weight excluding hydrogens is 262 g/mol. The zero-order valence-electron chi connectivity index (χ0n) is 13.4. The maximum absolute atomic E-state index is 5.90. The van der Waals surface area contributed by atoms with Crippen molar-refractivity contribution < 1.29 is 4.74 Å². The van der Waals surface area contributed by atoms with Gasteiger partial charge in [-0.05, 0) is 50.2 Å². The van der Waals surface area contributed by atoms with Gasteiger partial charge in [-0.1, -0.05) is 26.7 Å². The van der Waals surface area contributed by atoms with Gasteiger partial charge in [-0.3, -0.25) is 0 Å². The number of nitrogens with zero attached hydrogens (tertiary/aromatic N) is 1. The van der Waals surface area contributed by atoms with Crippen LogP contribution >= 0.6 is 0 Å². The lowest BCUT2D eigenvalue weighted by Gasteiger charge is -2.29. The lowest BCUT2D eigenvalue weighted by atomic mass is 9.83. The van der Waals surface area contributed by atoms with Crippen LogP contribution in [0.15, 0.2) is 12.1 Å². The molecule has 0 saturated heterocycles. The minimum absolute atomic E-state index is 0.535. The van der Waals surface area contributed by atoms with Crippen LogP contribution in [-0.4, -0.2) is 17.6 Å². The third-order valence-corrected chi connectivity index (χ3v) is 4.23. The van der Waals surface area contributed by atoms with Crippen molar-refractivity contribution >= 4 is 11.5 Å². The van der Waals surface area contributed by atoms with E-state index >= 15 is 0 Å². The smallest absolute Gasteiger partial charge is 0.239 e. The van der Waals surface area contributed by atoms with Crippen LogP contribution in [0.3, 0.4) is 0 Å². The fourth-order valence-electron chi connectivity index (χ4n) is 3.06. The quantitative estimate of drug-likeness (QED) is 0.789. The van der Waals surface area contributed by atoms with E-state index in [-0.39, 0.29) is 0 Å². The maximum atomic E-state index is 5.90. The molecule has 4 nitrogen and oxygen atoms in total. The summed E-state index contributed by atoms with van der Waals surface area (Å²) < 4.78 is 5.59. The van der Waals surface area contributed by atoms with Crippen LogP contribution in [0.25, 0.3) is 0 Å². The molecule has 0 radical (unpaired) electrons. The Morgan fingerprint density at radius 2 is 1.95 bits per heavy atom. The van der Waals surface area contributed by atoms with Crippen molar-refractivity contribution in [3.63, 3.8) is 0 Å². The summed E-state index contributed by atoms with van der Waals surface area (Å²) in [6.45, 7) is 5.01. The van der Waals surface area contributed by atoms with E-state index in [1.165, 1.54) is 38.5 Å². The number of aromatic nitrogens is 1. The van der Waals surface area contributed by atoms with Gasteiger partial charge in [0.1, 0.15) is 5.82 Å². The SMILES string of the molecule is CCCOc1nc(NC2CCC(CCC)CC2)ccc1N. The number of ether oxygens (including phenoxy) is 1. The normalized spacial score (nSPS) is 22.0. The summed E-state index contributed by atoms with van der Waals surface area (Å²) in [6.07, 6.45) is 8.78. The summed E-state index contributed by atoms with van der Waals surface area (Å²) in [5, 5.41) is 3.54. The number of nitrogens with two attached hydrogens (primary N) is 1. The topological polar surface area (TPSA) is 60.2 Å². The molecule has 21 heavy (non-hydrogen) atoms. The highest BCUT2D eigenvalue weighted by Crippen LogP contribution is 2.30. The summed E-state index contributed by atoms with van der Waals surface area (Å²) in [7, 11) is 0. The Kier molecular flexibility index (Phi) is 6.15. The van der Waals surface area contributed by atoms with Crippen molar-refractivity contribution in [2.75, 3.05) is 17.7 Å². The van der Waals surface area contributed by atoms with E-state index in [2.05, 4.69) is 24.1 Å². The molecule has 0 atom stereocenters. The van der Waals surface area contributed by atoms with Gasteiger partial charge < -0.3 is 15.8 Å². The Labute approximate surface area is 128 Å². The Balaban J connectivity index is 1.88. The van der Waals surface area contributed by atoms with Gasteiger partial charge in [-0.15, -0.1) is 0 Å². The Hall–Kier alpha value is -1.45. The molecule has 0 aromatic carbocycles. The van der Waals surface area contributed by atoms with Gasteiger partial charge in [0.15, 0.2) is 0 Å². The molecule has 3 N–H and O–H groups in total. The van der Waals surface area contributed by atoms with E-state index in [0.717, 1.165) is 18.2 Å². The first-order valence-electron chi connectivity index (χ1n) is 8.38. The van der Waals surface area contributed by atoms with E-state index in [0.29, 0.717) is 24.2 Å². The van der Waals surface area contributed by atoms with Crippen LogP contribution in [0, 0.1) is 5.92 Å². The van der Waals surface area contributed by atoms with Crippen molar-refractivity contribution in [3.05, 3.63) is 12.1 Å². The Bertz CT molecular complexity index is 428. The molecule has 1 aromatic heterocycles. The van der Waals surface area contributed by atoms with Crippen molar-refractivity contribution in [1.82, 2.24) is 4.98 Å². The molecule has 0 unspecified atom stereocenters. The monoisotopic (exact) mass is 291 g/mol. The lowest BCUT2D eigenvalue weighted by molar-refractivity contribution is 0.306. The number of anilines is 2. The van der Waals surface area contributed by atoms with E-state index in [1.807, 2.05) is 12.1 Å². The van der Waals surface area contributed by atoms with E-state index < -0.39 is 0 Å². The van der Waals surface area contributed by atoms with Crippen LogP contribution in [0.1, 0.15) is 58.8 Å². The molecule has 1 saturated carbocycles. The summed E-state index contributed by atoms with van der Waals surface area (Å²) in [5.74, 6) is 2.37. The average molecular weight is 291 g/mol. The predicted octanol–water partition coefficient (Wildman–Crippen LogP) is 4.22. The van der Waals surface area contributed by atoms with Gasteiger partial charge in [0, 0.05) is 6.04 Å². The van der Waals surface area contributed by atoms with Crippen LogP contribution < -0.4 is 15.8 Å². The average Bonchev–Trinajstić information content (AvgIpc) is 2.50. The summed E-state index contributed by atoms with van der Waals surface area (Å²) in [6, 6.07) is 4.36. The molecule has 0 aliphatic heterocycles. The first-order chi connectivity index (χ1) is 10.2. The molecule has 2 rings (SSSR count). The number of nitrogens with one attached hydrogen (secondary N) is 1. The molecule has 0 spiro atoms. The summed E-state index contributed by atoms with van der Waals surface area (Å²) >= 11 is 0. The molecular formula is C17H29N3O. The first kappa shape index (κ1) is 15.9. The fourth-order valence-corrected chi connectivity index (χ4v) is 3.06. The molecule has 4 heteroatoms. The molecule has 1 heterocycles. The van der Waals surface area contributed by atoms with Crippen molar-refractivity contribution in [2.24, 2.45) is 5.92 Å². The molecule has 1 aromatic rings. The third-order valence-electron chi connectivity index (χ3n) is 4.23. The molecule has 1 fully saturated rings. The fraction of sp³-hybridized carbons (Fsp3) is 0.706. The lowest BCUT2D eigenvalue weighted by Crippen LogP contribution is -2.26. The van der Waals surface area contributed by atoms with Gasteiger partial charge in [0.2, 0.25) is 5.88 Å². The minimum atomic E-state index is 0.535. The highest BCUT2D eigenvalue weighted by atomic mass is 16.5. The first-order valence-corrected chi connectivity index (χ1v) is 8.38. The van der Waals surface area contributed by atoms with Crippen molar-refractivity contribution in [2.45, 2.75) is 64.8 Å². The molecule has 1 aliphatic carbocycles. The highest BCUT2D eigenvalue weighted by molar-refractivity contribution is 5.53. The highest BCUT2D eigenvalue weighted by Gasteiger charge is 2.20. The molecule has 0 amide bonds. The van der Waals surface area contributed by atoms with E-state index in [1.54, 1.807) is 0 Å². The summed E-state index contributed by atoms with van der Waals surface area (Å²) in [4.78, 5) is 4.50. The largest absolute Gasteiger partial charge is 0.476 e. The van der Waals surface area contributed by atoms with Crippen LogP contribution in [-0.2, 0) is 0 Å². The Morgan fingerprint density at radius 3 is 2.62 bits per heavy atom. The third kappa shape index (κ3) is 4.80. The maximum Gasteiger partial charge on any atom is 0.239 e. The molecule has 0 bridgehead atoms. The van der Waals surface area contributed by atoms with Gasteiger partial charge in [-0.2, -0.15) is 4.98 Å². The van der Waals surface area contributed by atoms with Gasteiger partial charge in [-0.25, -0.2) is 0 Å². The number of pyridine rings is 1. The number of hydrogen-bond acceptors (Lipinski definition) is 4. The van der Waals surface area contributed by atoms with Crippen LogP contribution in [0.2, 0.25) is 0 Å². The van der Waals surface area contributed by atoms with Crippen molar-refractivity contribution in [1.29, 1.82) is 0 Å². The van der Waals surface area contributed by atoms with Gasteiger partial charge >= 0.3 is 0 Å². The van der Waals surface area contributed by atoms with Crippen LogP contribution in [0.4, 0.5) is 11.5 Å². The number of hydrogen-bond donors (Lipinski definition) is 2. The standard InChI is InChI=1S/C17H29N3O/c1-3-5-13-6-8-14(9-7-13)19-16-11-10-15(18)17(20-16)21-12-4-2/h10-11,13-14H,3-9,12,18H2,1-2H3,(H,19,20). The van der Waals surface area contributed by atoms with Gasteiger partial charge in [0.25, 0.3) is 0 Å². The minimum Gasteiger partial charge on any atom is -0.476 e. The second kappa shape index (κ2) is 8.11. The van der Waals surface area contributed by atoms with E-state index in [4.69, 9.17) is 10.5 Å². The second-order valence-corrected chi connectivity index (χ2v) is 6.09. The molecule has 1 aliphatic rings. The predicted molar refractivity (Wildman–Crippen MR) is 88.7 cm³/mol. The van der Waals surface area contributed by atoms with Crippen molar-refractivity contribution in [3.8, 4) is 5.88 Å². The van der Waals surface area contributed by atoms with Crippen LogP contribution in [0.5, 0.6) is 5.88 Å². The number of nitrogen functional groups attached to an aromatic ring is 1. The van der Waals surface area contributed by atoms with E-state index in [9.17, 15) is 0 Å². The zero-order valence-corrected chi connectivity index (χ0v) is 13.4. The second-order valence-electron chi connectivity index (χ2n) is 6.09. The number of rotatable bonds is 7. The molecule has 118 valence electrons. The zero-order chi connectivity index (χ0) is 15.1. The Morgan fingerprint density at radius 1 is 1.19 bits per heavy atom. The van der Waals surface area contributed by atoms with Gasteiger partial charge in [0.05, 0.1) is 12.3 Å². The summed E-state index contributed by atoms with van der Waals surface area (Å²) in [5.41, 5.74) is 6.51.